The molecule has 1 aromatic rings. The third-order valence-corrected chi connectivity index (χ3v) is 3.85. The first-order valence-electron chi connectivity index (χ1n) is 7.50. The molecule has 1 aliphatic rings. The fraction of sp³-hybridized carbons (Fsp3) is 0.500. The van der Waals surface area contributed by atoms with Crippen LogP contribution in [0.15, 0.2) is 18.2 Å². The molecule has 3 atom stereocenters. The summed E-state index contributed by atoms with van der Waals surface area (Å²) >= 11 is 0. The highest BCUT2D eigenvalue weighted by molar-refractivity contribution is 5.80. The van der Waals surface area contributed by atoms with Gasteiger partial charge in [-0.1, -0.05) is 0 Å². The molecular weight excluding hydrogens is 306 g/mol. The molecule has 3 unspecified atom stereocenters. The van der Waals surface area contributed by atoms with Gasteiger partial charge in [0, 0.05) is 38.4 Å². The minimum absolute atomic E-state index is 0.0335. The average Bonchev–Trinajstić information content (AvgIpc) is 2.44. The smallest absolute Gasteiger partial charge is 0.217 e. The second-order valence-corrected chi connectivity index (χ2v) is 5.83. The Morgan fingerprint density at radius 3 is 2.61 bits per heavy atom. The fourth-order valence-corrected chi connectivity index (χ4v) is 2.84. The highest BCUT2D eigenvalue weighted by atomic mass is 19.1. The normalized spacial score (nSPS) is 20.9. The molecule has 126 valence electrons. The van der Waals surface area contributed by atoms with Crippen molar-refractivity contribution < 1.29 is 23.5 Å². The number of aliphatic hydroxyl groups excluding tert-OH is 1. The summed E-state index contributed by atoms with van der Waals surface area (Å²) < 4.78 is 26.6. The molecule has 0 aliphatic carbocycles. The first kappa shape index (κ1) is 17.5. The van der Waals surface area contributed by atoms with Gasteiger partial charge < -0.3 is 15.7 Å². The van der Waals surface area contributed by atoms with Crippen molar-refractivity contribution in [2.24, 2.45) is 0 Å². The molecule has 1 aliphatic heterocycles. The molecule has 0 radical (unpaired) electrons. The van der Waals surface area contributed by atoms with Crippen LogP contribution in [0.25, 0.3) is 0 Å². The number of hydrogen-bond acceptors (Lipinski definition) is 4. The van der Waals surface area contributed by atoms with Gasteiger partial charge in [-0.25, -0.2) is 8.78 Å². The van der Waals surface area contributed by atoms with Crippen LogP contribution in [0.1, 0.15) is 25.3 Å². The van der Waals surface area contributed by atoms with Gasteiger partial charge in [-0.05, 0) is 24.1 Å². The van der Waals surface area contributed by atoms with Crippen LogP contribution in [0.2, 0.25) is 0 Å². The maximum absolute atomic E-state index is 13.3. The number of ketones is 1. The lowest BCUT2D eigenvalue weighted by atomic mass is 9.91. The second-order valence-electron chi connectivity index (χ2n) is 5.83. The number of rotatable bonds is 5. The molecule has 7 heteroatoms. The zero-order chi connectivity index (χ0) is 17.0. The quantitative estimate of drug-likeness (QED) is 0.744. The third-order valence-electron chi connectivity index (χ3n) is 3.85. The van der Waals surface area contributed by atoms with E-state index in [-0.39, 0.29) is 24.5 Å². The van der Waals surface area contributed by atoms with Gasteiger partial charge in [-0.15, -0.1) is 0 Å². The van der Waals surface area contributed by atoms with Crippen LogP contribution in [0.4, 0.5) is 8.78 Å². The van der Waals surface area contributed by atoms with Crippen molar-refractivity contribution in [3.8, 4) is 0 Å². The molecule has 5 nitrogen and oxygen atoms in total. The molecule has 2 rings (SSSR count). The summed E-state index contributed by atoms with van der Waals surface area (Å²) in [6, 6.07) is 1.83. The summed E-state index contributed by atoms with van der Waals surface area (Å²) in [6.07, 6.45) is -0.422. The summed E-state index contributed by atoms with van der Waals surface area (Å²) in [5, 5.41) is 16.1. The second kappa shape index (κ2) is 7.61. The predicted octanol–water partition coefficient (Wildman–Crippen LogP) is 0.694. The largest absolute Gasteiger partial charge is 0.389 e. The summed E-state index contributed by atoms with van der Waals surface area (Å²) in [6.45, 7) is 1.76. The lowest BCUT2D eigenvalue weighted by Gasteiger charge is -2.33. The number of hydrogen-bond donors (Lipinski definition) is 3. The monoisotopic (exact) mass is 326 g/mol. The van der Waals surface area contributed by atoms with Crippen molar-refractivity contribution in [2.45, 2.75) is 44.4 Å². The molecule has 0 aromatic heterocycles. The molecule has 1 saturated heterocycles. The Bertz CT molecular complexity index is 574. The molecule has 1 amide bonds. The number of amides is 1. The zero-order valence-electron chi connectivity index (χ0n) is 12.8. The van der Waals surface area contributed by atoms with E-state index in [9.17, 15) is 23.5 Å². The Balaban J connectivity index is 2.15. The van der Waals surface area contributed by atoms with Crippen molar-refractivity contribution in [1.29, 1.82) is 0 Å². The van der Waals surface area contributed by atoms with E-state index in [2.05, 4.69) is 10.6 Å². The molecule has 0 spiro atoms. The molecule has 0 saturated carbocycles. The fourth-order valence-electron chi connectivity index (χ4n) is 2.84. The van der Waals surface area contributed by atoms with Crippen molar-refractivity contribution >= 4 is 11.7 Å². The van der Waals surface area contributed by atoms with Gasteiger partial charge >= 0.3 is 0 Å². The van der Waals surface area contributed by atoms with E-state index in [1.165, 1.54) is 6.92 Å². The van der Waals surface area contributed by atoms with Crippen molar-refractivity contribution in [3.05, 3.63) is 35.4 Å². The number of halogens is 2. The maximum atomic E-state index is 13.3. The summed E-state index contributed by atoms with van der Waals surface area (Å²) in [5.74, 6) is -1.77. The Kier molecular flexibility index (Phi) is 5.79. The number of piperidine rings is 1. The first-order valence-corrected chi connectivity index (χ1v) is 7.50. The lowest BCUT2D eigenvalue weighted by molar-refractivity contribution is -0.122. The summed E-state index contributed by atoms with van der Waals surface area (Å²) in [7, 11) is 0. The van der Waals surface area contributed by atoms with Crippen LogP contribution < -0.4 is 10.6 Å². The van der Waals surface area contributed by atoms with Gasteiger partial charge in [-0.3, -0.25) is 9.59 Å². The summed E-state index contributed by atoms with van der Waals surface area (Å²) in [4.78, 5) is 22.9. The van der Waals surface area contributed by atoms with E-state index in [1.807, 2.05) is 0 Å². The molecular formula is C16H20F2N2O3. The molecule has 0 bridgehead atoms. The van der Waals surface area contributed by atoms with E-state index < -0.39 is 29.8 Å². The third kappa shape index (κ3) is 5.07. The SMILES string of the molecule is CC(=O)NC(Cc1cc(F)cc(F)c1)C(O)C1CC(=O)CCN1. The van der Waals surface area contributed by atoms with E-state index in [4.69, 9.17) is 0 Å². The topological polar surface area (TPSA) is 78.4 Å². The molecule has 23 heavy (non-hydrogen) atoms. The van der Waals surface area contributed by atoms with Crippen molar-refractivity contribution in [3.63, 3.8) is 0 Å². The number of aliphatic hydroxyl groups is 1. The first-order chi connectivity index (χ1) is 10.8. The average molecular weight is 326 g/mol. The van der Waals surface area contributed by atoms with Crippen LogP contribution in [0, 0.1) is 11.6 Å². The van der Waals surface area contributed by atoms with Crippen LogP contribution in [-0.2, 0) is 16.0 Å². The van der Waals surface area contributed by atoms with Gasteiger partial charge in [0.1, 0.15) is 17.4 Å². The van der Waals surface area contributed by atoms with Crippen molar-refractivity contribution in [1.82, 2.24) is 10.6 Å². The Hall–Kier alpha value is -1.86. The maximum Gasteiger partial charge on any atom is 0.217 e. The van der Waals surface area contributed by atoms with Gasteiger partial charge in [0.25, 0.3) is 0 Å². The van der Waals surface area contributed by atoms with Crippen LogP contribution >= 0.6 is 0 Å². The Labute approximate surface area is 133 Å². The van der Waals surface area contributed by atoms with E-state index in [0.29, 0.717) is 18.5 Å². The van der Waals surface area contributed by atoms with E-state index >= 15 is 0 Å². The van der Waals surface area contributed by atoms with Crippen LogP contribution in [0.3, 0.4) is 0 Å². The number of carbonyl (C=O) groups is 2. The molecule has 1 heterocycles. The number of Topliss-reactive ketones (excluding diaryl/α,β-unsaturated/α-hetero) is 1. The predicted molar refractivity (Wildman–Crippen MR) is 79.7 cm³/mol. The van der Waals surface area contributed by atoms with E-state index in [1.54, 1.807) is 0 Å². The standard InChI is InChI=1S/C16H20F2N2O3/c1-9(21)20-15(6-10-4-11(17)7-12(18)5-10)16(23)14-8-13(22)2-3-19-14/h4-5,7,14-16,19,23H,2-3,6,8H2,1H3,(H,20,21). The number of nitrogens with one attached hydrogen (secondary N) is 2. The highest BCUT2D eigenvalue weighted by Crippen LogP contribution is 2.16. The number of benzene rings is 1. The number of carbonyl (C=O) groups excluding carboxylic acids is 2. The minimum atomic E-state index is -1.05. The van der Waals surface area contributed by atoms with Gasteiger partial charge in [0.15, 0.2) is 0 Å². The van der Waals surface area contributed by atoms with Gasteiger partial charge in [-0.2, -0.15) is 0 Å². The Morgan fingerprint density at radius 1 is 1.39 bits per heavy atom. The van der Waals surface area contributed by atoms with Crippen LogP contribution in [-0.4, -0.2) is 41.5 Å². The Morgan fingerprint density at radius 2 is 2.04 bits per heavy atom. The minimum Gasteiger partial charge on any atom is -0.389 e. The van der Waals surface area contributed by atoms with E-state index in [0.717, 1.165) is 18.2 Å². The van der Waals surface area contributed by atoms with Crippen molar-refractivity contribution in [2.75, 3.05) is 6.54 Å². The lowest BCUT2D eigenvalue weighted by Crippen LogP contribution is -2.56. The van der Waals surface area contributed by atoms with Gasteiger partial charge in [0.2, 0.25) is 5.91 Å². The van der Waals surface area contributed by atoms with Crippen LogP contribution in [0.5, 0.6) is 0 Å². The molecule has 3 N–H and O–H groups in total. The molecule has 1 aromatic carbocycles. The summed E-state index contributed by atoms with van der Waals surface area (Å²) in [5.41, 5.74) is 0.322. The molecule has 1 fully saturated rings. The zero-order valence-corrected chi connectivity index (χ0v) is 12.8. The van der Waals surface area contributed by atoms with Gasteiger partial charge in [0.05, 0.1) is 12.1 Å². The highest BCUT2D eigenvalue weighted by Gasteiger charge is 2.32.